The standard InChI is InChI=1S/C10H13NO/c1-11-10(12)8-7-9-5-3-2-4-6-9/h2-8,10-12H,1H3/b8-7+. The van der Waals surface area contributed by atoms with Crippen molar-refractivity contribution in [2.75, 3.05) is 7.05 Å². The molecular weight excluding hydrogens is 150 g/mol. The Morgan fingerprint density at radius 1 is 1.33 bits per heavy atom. The van der Waals surface area contributed by atoms with Crippen LogP contribution >= 0.6 is 0 Å². The van der Waals surface area contributed by atoms with Crippen LogP contribution in [0.3, 0.4) is 0 Å². The molecule has 0 amide bonds. The summed E-state index contributed by atoms with van der Waals surface area (Å²) in [4.78, 5) is 0. The molecule has 1 aromatic carbocycles. The fourth-order valence-corrected chi connectivity index (χ4v) is 0.863. The molecule has 0 heterocycles. The normalized spacial score (nSPS) is 13.5. The molecule has 0 spiro atoms. The summed E-state index contributed by atoms with van der Waals surface area (Å²) in [7, 11) is 1.71. The fourth-order valence-electron chi connectivity index (χ4n) is 0.863. The predicted octanol–water partition coefficient (Wildman–Crippen LogP) is 1.24. The van der Waals surface area contributed by atoms with Crippen molar-refractivity contribution in [3.05, 3.63) is 42.0 Å². The summed E-state index contributed by atoms with van der Waals surface area (Å²) in [6.45, 7) is 0. The summed E-state index contributed by atoms with van der Waals surface area (Å²) < 4.78 is 0. The van der Waals surface area contributed by atoms with Gasteiger partial charge in [0.1, 0.15) is 6.23 Å². The monoisotopic (exact) mass is 163 g/mol. The zero-order chi connectivity index (χ0) is 8.81. The molecule has 0 aliphatic carbocycles. The average molecular weight is 163 g/mol. The molecule has 0 fully saturated rings. The molecule has 2 nitrogen and oxygen atoms in total. The molecule has 0 aromatic heterocycles. The van der Waals surface area contributed by atoms with Gasteiger partial charge >= 0.3 is 0 Å². The van der Waals surface area contributed by atoms with Crippen LogP contribution in [0.25, 0.3) is 6.08 Å². The van der Waals surface area contributed by atoms with Gasteiger partial charge in [-0.3, -0.25) is 5.32 Å². The molecule has 0 saturated carbocycles. The Morgan fingerprint density at radius 2 is 2.00 bits per heavy atom. The topological polar surface area (TPSA) is 32.3 Å². The van der Waals surface area contributed by atoms with Gasteiger partial charge in [0.2, 0.25) is 0 Å². The first-order chi connectivity index (χ1) is 5.83. The minimum atomic E-state index is -0.565. The first-order valence-corrected chi connectivity index (χ1v) is 3.91. The van der Waals surface area contributed by atoms with Gasteiger partial charge in [-0.25, -0.2) is 0 Å². The van der Waals surface area contributed by atoms with Crippen LogP contribution in [-0.4, -0.2) is 18.4 Å². The molecule has 0 radical (unpaired) electrons. The Labute approximate surface area is 72.5 Å². The van der Waals surface area contributed by atoms with Gasteiger partial charge in [-0.1, -0.05) is 36.4 Å². The Hall–Kier alpha value is -1.12. The first kappa shape index (κ1) is 8.97. The van der Waals surface area contributed by atoms with Crippen molar-refractivity contribution < 1.29 is 5.11 Å². The van der Waals surface area contributed by atoms with E-state index >= 15 is 0 Å². The van der Waals surface area contributed by atoms with E-state index in [0.29, 0.717) is 0 Å². The highest BCUT2D eigenvalue weighted by molar-refractivity contribution is 5.49. The van der Waals surface area contributed by atoms with Crippen LogP contribution in [0.2, 0.25) is 0 Å². The van der Waals surface area contributed by atoms with Gasteiger partial charge in [0.25, 0.3) is 0 Å². The van der Waals surface area contributed by atoms with Crippen molar-refractivity contribution in [1.29, 1.82) is 0 Å². The van der Waals surface area contributed by atoms with E-state index in [-0.39, 0.29) is 0 Å². The molecule has 12 heavy (non-hydrogen) atoms. The summed E-state index contributed by atoms with van der Waals surface area (Å²) in [5.74, 6) is 0. The van der Waals surface area contributed by atoms with Crippen LogP contribution < -0.4 is 5.32 Å². The van der Waals surface area contributed by atoms with Gasteiger partial charge in [0.15, 0.2) is 0 Å². The minimum absolute atomic E-state index is 0.565. The van der Waals surface area contributed by atoms with E-state index in [2.05, 4.69) is 5.32 Å². The van der Waals surface area contributed by atoms with E-state index in [0.717, 1.165) is 5.56 Å². The molecule has 1 rings (SSSR count). The molecule has 0 bridgehead atoms. The van der Waals surface area contributed by atoms with Gasteiger partial charge in [0, 0.05) is 0 Å². The summed E-state index contributed by atoms with van der Waals surface area (Å²) in [5, 5.41) is 11.8. The van der Waals surface area contributed by atoms with E-state index in [4.69, 9.17) is 5.11 Å². The lowest BCUT2D eigenvalue weighted by Crippen LogP contribution is -2.21. The maximum absolute atomic E-state index is 9.12. The van der Waals surface area contributed by atoms with Crippen LogP contribution in [0.1, 0.15) is 5.56 Å². The number of aliphatic hydroxyl groups is 1. The van der Waals surface area contributed by atoms with Crippen LogP contribution in [0.15, 0.2) is 36.4 Å². The smallest absolute Gasteiger partial charge is 0.124 e. The van der Waals surface area contributed by atoms with Crippen LogP contribution in [0.5, 0.6) is 0 Å². The number of nitrogens with one attached hydrogen (secondary N) is 1. The number of rotatable bonds is 3. The zero-order valence-electron chi connectivity index (χ0n) is 7.07. The van der Waals surface area contributed by atoms with Crippen molar-refractivity contribution in [1.82, 2.24) is 5.32 Å². The van der Waals surface area contributed by atoms with Gasteiger partial charge in [-0.05, 0) is 18.7 Å². The molecule has 0 aliphatic rings. The maximum atomic E-state index is 9.12. The van der Waals surface area contributed by atoms with Gasteiger partial charge in [-0.15, -0.1) is 0 Å². The molecule has 0 aliphatic heterocycles. The molecule has 1 atom stereocenters. The van der Waals surface area contributed by atoms with E-state index in [1.807, 2.05) is 36.4 Å². The SMILES string of the molecule is CNC(O)/C=C/c1ccccc1. The Balaban J connectivity index is 2.58. The fraction of sp³-hybridized carbons (Fsp3) is 0.200. The summed E-state index contributed by atoms with van der Waals surface area (Å²) in [5.41, 5.74) is 1.09. The zero-order valence-corrected chi connectivity index (χ0v) is 7.07. The second-order valence-electron chi connectivity index (χ2n) is 2.50. The third kappa shape index (κ3) is 2.86. The highest BCUT2D eigenvalue weighted by Gasteiger charge is 1.90. The van der Waals surface area contributed by atoms with Gasteiger partial charge in [0.05, 0.1) is 0 Å². The highest BCUT2D eigenvalue weighted by Crippen LogP contribution is 2.00. The van der Waals surface area contributed by atoms with E-state index in [1.165, 1.54) is 0 Å². The molecular formula is C10H13NO. The maximum Gasteiger partial charge on any atom is 0.124 e. The molecule has 64 valence electrons. The number of benzene rings is 1. The van der Waals surface area contributed by atoms with Crippen LogP contribution in [0.4, 0.5) is 0 Å². The highest BCUT2D eigenvalue weighted by atomic mass is 16.3. The summed E-state index contributed by atoms with van der Waals surface area (Å²) in [6.07, 6.45) is 3.02. The quantitative estimate of drug-likeness (QED) is 0.657. The third-order valence-electron chi connectivity index (χ3n) is 1.57. The first-order valence-electron chi connectivity index (χ1n) is 3.91. The lowest BCUT2D eigenvalue weighted by molar-refractivity contribution is 0.196. The van der Waals surface area contributed by atoms with Crippen molar-refractivity contribution >= 4 is 6.08 Å². The largest absolute Gasteiger partial charge is 0.375 e. The molecule has 2 heteroatoms. The van der Waals surface area contributed by atoms with Gasteiger partial charge < -0.3 is 5.11 Å². The Kier molecular flexibility index (Phi) is 3.51. The van der Waals surface area contributed by atoms with E-state index in [9.17, 15) is 0 Å². The van der Waals surface area contributed by atoms with Crippen molar-refractivity contribution in [2.24, 2.45) is 0 Å². The lowest BCUT2D eigenvalue weighted by Gasteiger charge is -2.00. The minimum Gasteiger partial charge on any atom is -0.375 e. The molecule has 1 unspecified atom stereocenters. The second-order valence-corrected chi connectivity index (χ2v) is 2.50. The molecule has 2 N–H and O–H groups in total. The second kappa shape index (κ2) is 4.70. The Morgan fingerprint density at radius 3 is 2.58 bits per heavy atom. The third-order valence-corrected chi connectivity index (χ3v) is 1.57. The van der Waals surface area contributed by atoms with Gasteiger partial charge in [-0.2, -0.15) is 0 Å². The van der Waals surface area contributed by atoms with Crippen molar-refractivity contribution in [3.63, 3.8) is 0 Å². The van der Waals surface area contributed by atoms with Crippen molar-refractivity contribution in [2.45, 2.75) is 6.23 Å². The number of aliphatic hydroxyl groups excluding tert-OH is 1. The molecule has 1 aromatic rings. The summed E-state index contributed by atoms with van der Waals surface area (Å²) in [6, 6.07) is 9.86. The number of hydrogen-bond acceptors (Lipinski definition) is 2. The Bertz CT molecular complexity index is 243. The summed E-state index contributed by atoms with van der Waals surface area (Å²) >= 11 is 0. The molecule has 0 saturated heterocycles. The van der Waals surface area contributed by atoms with Crippen LogP contribution in [-0.2, 0) is 0 Å². The van der Waals surface area contributed by atoms with Crippen LogP contribution in [0, 0.1) is 0 Å². The number of hydrogen-bond donors (Lipinski definition) is 2. The number of likely N-dealkylation sites (N-methyl/N-ethyl adjacent to an activating group) is 1. The lowest BCUT2D eigenvalue weighted by atomic mass is 10.2. The average Bonchev–Trinajstić information content (AvgIpc) is 2.16. The van der Waals surface area contributed by atoms with Crippen molar-refractivity contribution in [3.8, 4) is 0 Å². The van der Waals surface area contributed by atoms with E-state index in [1.54, 1.807) is 13.1 Å². The predicted molar refractivity (Wildman–Crippen MR) is 50.5 cm³/mol. The van der Waals surface area contributed by atoms with E-state index < -0.39 is 6.23 Å².